The van der Waals surface area contributed by atoms with E-state index in [1.165, 1.54) is 0 Å². The lowest BCUT2D eigenvalue weighted by molar-refractivity contribution is 0.174. The molecule has 2 aromatic carbocycles. The highest BCUT2D eigenvalue weighted by atomic mass is 35.5. The minimum absolute atomic E-state index is 0.259. The van der Waals surface area contributed by atoms with Gasteiger partial charge in [0, 0.05) is 23.2 Å². The number of thioether (sulfide) groups is 1. The number of thiazole rings is 1. The highest BCUT2D eigenvalue weighted by Gasteiger charge is 2.17. The Hall–Kier alpha value is -3.01. The summed E-state index contributed by atoms with van der Waals surface area (Å²) < 4.78 is 18.8. The van der Waals surface area contributed by atoms with Gasteiger partial charge < -0.3 is 14.2 Å². The zero-order chi connectivity index (χ0) is 23.5. The molecule has 0 unspecified atom stereocenters. The highest BCUT2D eigenvalue weighted by Crippen LogP contribution is 2.37. The van der Waals surface area contributed by atoms with Crippen molar-refractivity contribution >= 4 is 34.7 Å². The Balaban J connectivity index is 1.26. The van der Waals surface area contributed by atoms with Crippen molar-refractivity contribution in [3.05, 3.63) is 76.5 Å². The maximum absolute atomic E-state index is 6.25. The lowest BCUT2D eigenvalue weighted by atomic mass is 10.2. The fraction of sp³-hybridized carbons (Fsp3) is 0.208. The molecule has 3 heterocycles. The third-order valence-electron chi connectivity index (χ3n) is 5.07. The molecule has 34 heavy (non-hydrogen) atoms. The van der Waals surface area contributed by atoms with Crippen LogP contribution in [0.25, 0.3) is 10.6 Å². The van der Waals surface area contributed by atoms with E-state index in [4.69, 9.17) is 30.8 Å². The normalized spacial score (nSPS) is 12.2. The first kappa shape index (κ1) is 22.8. The Bertz CT molecular complexity index is 1340. The van der Waals surface area contributed by atoms with Gasteiger partial charge in [-0.15, -0.1) is 28.1 Å². The number of hydrogen-bond acceptors (Lipinski definition) is 8. The van der Waals surface area contributed by atoms with Crippen LogP contribution in [-0.2, 0) is 18.9 Å². The highest BCUT2D eigenvalue weighted by molar-refractivity contribution is 7.98. The van der Waals surface area contributed by atoms with Gasteiger partial charge in [-0.25, -0.2) is 4.98 Å². The van der Waals surface area contributed by atoms with Gasteiger partial charge in [-0.1, -0.05) is 35.5 Å². The molecule has 7 nitrogen and oxygen atoms in total. The number of allylic oxidation sites excluding steroid dienone is 1. The SMILES string of the molecule is C=CCn1c(COc2cc(C)ccc2Cl)nnc1SCc1csc(-c2ccc3c(c2)OCO3)n1. The lowest BCUT2D eigenvalue weighted by Gasteiger charge is -2.10. The third kappa shape index (κ3) is 4.91. The topological polar surface area (TPSA) is 71.3 Å². The largest absolute Gasteiger partial charge is 0.484 e. The van der Waals surface area contributed by atoms with Gasteiger partial charge in [0.25, 0.3) is 0 Å². The van der Waals surface area contributed by atoms with E-state index in [0.29, 0.717) is 28.9 Å². The number of benzene rings is 2. The monoisotopic (exact) mass is 512 g/mol. The third-order valence-corrected chi connectivity index (χ3v) is 7.32. The van der Waals surface area contributed by atoms with Crippen molar-refractivity contribution in [1.29, 1.82) is 0 Å². The first-order valence-electron chi connectivity index (χ1n) is 10.5. The van der Waals surface area contributed by atoms with Gasteiger partial charge in [0.2, 0.25) is 6.79 Å². The van der Waals surface area contributed by atoms with E-state index in [2.05, 4.69) is 22.2 Å². The molecule has 0 spiro atoms. The number of aryl methyl sites for hydroxylation is 1. The molecule has 10 heteroatoms. The molecule has 2 aromatic heterocycles. The fourth-order valence-corrected chi connectivity index (χ4v) is 5.34. The zero-order valence-corrected chi connectivity index (χ0v) is 20.8. The van der Waals surface area contributed by atoms with Gasteiger partial charge in [-0.3, -0.25) is 4.57 Å². The number of halogens is 1. The number of aromatic nitrogens is 4. The average Bonchev–Trinajstić information content (AvgIpc) is 3.58. The van der Waals surface area contributed by atoms with Crippen LogP contribution in [0.5, 0.6) is 17.2 Å². The van der Waals surface area contributed by atoms with Crippen molar-refractivity contribution in [3.63, 3.8) is 0 Å². The predicted molar refractivity (Wildman–Crippen MR) is 134 cm³/mol. The fourth-order valence-electron chi connectivity index (χ4n) is 3.38. The van der Waals surface area contributed by atoms with Crippen LogP contribution < -0.4 is 14.2 Å². The molecule has 0 aliphatic carbocycles. The molecule has 0 fully saturated rings. The van der Waals surface area contributed by atoms with E-state index in [9.17, 15) is 0 Å². The molecular formula is C24H21ClN4O3S2. The van der Waals surface area contributed by atoms with Gasteiger partial charge in [-0.05, 0) is 42.8 Å². The van der Waals surface area contributed by atoms with Crippen molar-refractivity contribution in [3.8, 4) is 27.8 Å². The number of hydrogen-bond donors (Lipinski definition) is 0. The smallest absolute Gasteiger partial charge is 0.231 e. The summed E-state index contributed by atoms with van der Waals surface area (Å²) in [6.07, 6.45) is 1.82. The molecular weight excluding hydrogens is 492 g/mol. The Labute approximate surface area is 210 Å². The number of rotatable bonds is 9. The van der Waals surface area contributed by atoms with Gasteiger partial charge in [0.1, 0.15) is 17.4 Å². The van der Waals surface area contributed by atoms with Gasteiger partial charge in [-0.2, -0.15) is 0 Å². The minimum Gasteiger partial charge on any atom is -0.484 e. The molecule has 0 amide bonds. The molecule has 0 bridgehead atoms. The summed E-state index contributed by atoms with van der Waals surface area (Å²) >= 11 is 9.43. The summed E-state index contributed by atoms with van der Waals surface area (Å²) in [7, 11) is 0. The molecule has 0 saturated carbocycles. The van der Waals surface area contributed by atoms with Crippen LogP contribution in [0.4, 0.5) is 0 Å². The second kappa shape index (κ2) is 10.1. The van der Waals surface area contributed by atoms with Gasteiger partial charge in [0.15, 0.2) is 22.5 Å². The number of nitrogens with zero attached hydrogens (tertiary/aromatic N) is 4. The quantitative estimate of drug-likeness (QED) is 0.197. The second-order valence-electron chi connectivity index (χ2n) is 7.52. The van der Waals surface area contributed by atoms with E-state index in [0.717, 1.165) is 38.5 Å². The molecule has 5 rings (SSSR count). The van der Waals surface area contributed by atoms with Crippen molar-refractivity contribution in [2.45, 2.75) is 31.0 Å². The summed E-state index contributed by atoms with van der Waals surface area (Å²) in [5.41, 5.74) is 3.06. The summed E-state index contributed by atoms with van der Waals surface area (Å²) in [5, 5.41) is 13.0. The first-order chi connectivity index (χ1) is 16.6. The number of fused-ring (bicyclic) bond motifs is 1. The predicted octanol–water partition coefficient (Wildman–Crippen LogP) is 6.15. The summed E-state index contributed by atoms with van der Waals surface area (Å²) in [6, 6.07) is 11.6. The van der Waals surface area contributed by atoms with E-state index in [1.54, 1.807) is 23.1 Å². The molecule has 0 N–H and O–H groups in total. The van der Waals surface area contributed by atoms with Gasteiger partial charge in [0.05, 0.1) is 10.7 Å². The zero-order valence-electron chi connectivity index (χ0n) is 18.4. The van der Waals surface area contributed by atoms with Crippen LogP contribution in [0.1, 0.15) is 17.1 Å². The van der Waals surface area contributed by atoms with E-state index in [1.807, 2.05) is 54.0 Å². The summed E-state index contributed by atoms with van der Waals surface area (Å²) in [6.45, 7) is 6.96. The van der Waals surface area contributed by atoms with Crippen LogP contribution in [0.3, 0.4) is 0 Å². The molecule has 1 aliphatic heterocycles. The molecule has 0 radical (unpaired) electrons. The van der Waals surface area contributed by atoms with Gasteiger partial charge >= 0.3 is 0 Å². The molecule has 0 atom stereocenters. The molecule has 4 aromatic rings. The second-order valence-corrected chi connectivity index (χ2v) is 9.73. The maximum atomic E-state index is 6.25. The van der Waals surface area contributed by atoms with Crippen molar-refractivity contribution in [2.75, 3.05) is 6.79 Å². The maximum Gasteiger partial charge on any atom is 0.231 e. The van der Waals surface area contributed by atoms with E-state index in [-0.39, 0.29) is 13.4 Å². The molecule has 0 saturated heterocycles. The van der Waals surface area contributed by atoms with Crippen LogP contribution in [0, 0.1) is 6.92 Å². The lowest BCUT2D eigenvalue weighted by Crippen LogP contribution is -2.07. The standard InChI is InChI=1S/C24H21ClN4O3S2/c1-3-8-29-22(11-30-20-9-15(2)4-6-18(20)25)27-28-24(29)34-13-17-12-33-23(26-17)16-5-7-19-21(10-16)32-14-31-19/h3-7,9-10,12H,1,8,11,13-14H2,2H3. The van der Waals surface area contributed by atoms with Crippen molar-refractivity contribution < 1.29 is 14.2 Å². The van der Waals surface area contributed by atoms with Crippen LogP contribution in [0.15, 0.2) is 59.6 Å². The minimum atomic E-state index is 0.259. The molecule has 174 valence electrons. The van der Waals surface area contributed by atoms with Crippen LogP contribution >= 0.6 is 34.7 Å². The Morgan fingerprint density at radius 2 is 2.09 bits per heavy atom. The summed E-state index contributed by atoms with van der Waals surface area (Å²) in [5.74, 6) is 3.52. The molecule has 1 aliphatic rings. The van der Waals surface area contributed by atoms with E-state index >= 15 is 0 Å². The van der Waals surface area contributed by atoms with Crippen LogP contribution in [-0.4, -0.2) is 26.5 Å². The van der Waals surface area contributed by atoms with Crippen LogP contribution in [0.2, 0.25) is 5.02 Å². The van der Waals surface area contributed by atoms with E-state index < -0.39 is 0 Å². The van der Waals surface area contributed by atoms with Crippen molar-refractivity contribution in [1.82, 2.24) is 19.7 Å². The Morgan fingerprint density at radius 1 is 1.21 bits per heavy atom. The number of ether oxygens (including phenoxy) is 3. The Kier molecular flexibility index (Phi) is 6.75. The average molecular weight is 513 g/mol. The Morgan fingerprint density at radius 3 is 2.97 bits per heavy atom. The summed E-state index contributed by atoms with van der Waals surface area (Å²) in [4.78, 5) is 4.78. The first-order valence-corrected chi connectivity index (χ1v) is 12.7. The van der Waals surface area contributed by atoms with Crippen molar-refractivity contribution in [2.24, 2.45) is 0 Å².